The van der Waals surface area contributed by atoms with Crippen LogP contribution in [-0.4, -0.2) is 37.1 Å². The Bertz CT molecular complexity index is 286. The van der Waals surface area contributed by atoms with Gasteiger partial charge in [-0.15, -0.1) is 0 Å². The fourth-order valence-electron chi connectivity index (χ4n) is 5.89. The Balaban J connectivity index is 1.53. The molecule has 0 spiro atoms. The molecule has 2 nitrogen and oxygen atoms in total. The van der Waals surface area contributed by atoms with Crippen molar-refractivity contribution in [2.24, 2.45) is 29.6 Å². The predicted octanol–water partition coefficient (Wildman–Crippen LogP) is 2.35. The third kappa shape index (κ3) is 1.92. The zero-order valence-electron chi connectivity index (χ0n) is 11.8. The minimum atomic E-state index is 0.838. The van der Waals surface area contributed by atoms with Crippen molar-refractivity contribution < 1.29 is 0 Å². The molecule has 18 heavy (non-hydrogen) atoms. The van der Waals surface area contributed by atoms with E-state index in [-0.39, 0.29) is 0 Å². The number of nitrogens with zero attached hydrogens (tertiary/aromatic N) is 1. The second-order valence-corrected chi connectivity index (χ2v) is 7.73. The van der Waals surface area contributed by atoms with Crippen molar-refractivity contribution >= 4 is 0 Å². The molecule has 0 aromatic carbocycles. The van der Waals surface area contributed by atoms with Crippen molar-refractivity contribution in [1.82, 2.24) is 10.2 Å². The molecular formula is C16H28N2. The first-order valence-electron chi connectivity index (χ1n) is 8.24. The largest absolute Gasteiger partial charge is 0.315 e. The Kier molecular flexibility index (Phi) is 2.92. The molecule has 0 amide bonds. The minimum absolute atomic E-state index is 0.838. The summed E-state index contributed by atoms with van der Waals surface area (Å²) < 4.78 is 0. The predicted molar refractivity (Wildman–Crippen MR) is 74.4 cm³/mol. The molecule has 5 fully saturated rings. The van der Waals surface area contributed by atoms with Gasteiger partial charge in [0.05, 0.1) is 0 Å². The van der Waals surface area contributed by atoms with Crippen molar-refractivity contribution in [3.05, 3.63) is 0 Å². The smallest absolute Gasteiger partial charge is 0.0153 e. The lowest BCUT2D eigenvalue weighted by atomic mass is 9.54. The fourth-order valence-corrected chi connectivity index (χ4v) is 5.89. The quantitative estimate of drug-likeness (QED) is 0.766. The molecule has 1 heterocycles. The van der Waals surface area contributed by atoms with Gasteiger partial charge in [0.25, 0.3) is 0 Å². The molecule has 102 valence electrons. The van der Waals surface area contributed by atoms with Crippen LogP contribution in [0.25, 0.3) is 0 Å². The zero-order chi connectivity index (χ0) is 12.1. The number of rotatable bonds is 1. The molecule has 1 unspecified atom stereocenters. The average Bonchev–Trinajstić information content (AvgIpc) is 2.52. The van der Waals surface area contributed by atoms with E-state index in [4.69, 9.17) is 0 Å². The summed E-state index contributed by atoms with van der Waals surface area (Å²) in [5.41, 5.74) is 0. The Morgan fingerprint density at radius 2 is 1.61 bits per heavy atom. The highest BCUT2D eigenvalue weighted by atomic mass is 15.2. The van der Waals surface area contributed by atoms with Gasteiger partial charge >= 0.3 is 0 Å². The molecule has 5 rings (SSSR count). The van der Waals surface area contributed by atoms with Gasteiger partial charge in [-0.25, -0.2) is 0 Å². The summed E-state index contributed by atoms with van der Waals surface area (Å²) in [6.45, 7) is 7.51. The van der Waals surface area contributed by atoms with E-state index in [2.05, 4.69) is 17.1 Å². The van der Waals surface area contributed by atoms with Crippen LogP contribution in [0.4, 0.5) is 0 Å². The van der Waals surface area contributed by atoms with Crippen LogP contribution in [0.1, 0.15) is 39.0 Å². The van der Waals surface area contributed by atoms with Gasteiger partial charge < -0.3 is 5.32 Å². The summed E-state index contributed by atoms with van der Waals surface area (Å²) in [4.78, 5) is 2.89. The van der Waals surface area contributed by atoms with Gasteiger partial charge in [0, 0.05) is 25.7 Å². The summed E-state index contributed by atoms with van der Waals surface area (Å²) in [5.74, 6) is 5.19. The summed E-state index contributed by atoms with van der Waals surface area (Å²) in [7, 11) is 0. The molecule has 1 saturated heterocycles. The van der Waals surface area contributed by atoms with E-state index in [9.17, 15) is 0 Å². The van der Waals surface area contributed by atoms with Gasteiger partial charge in [0.15, 0.2) is 0 Å². The Hall–Kier alpha value is -0.0800. The number of nitrogens with one attached hydrogen (secondary N) is 1. The molecule has 2 heteroatoms. The molecule has 0 aromatic rings. The van der Waals surface area contributed by atoms with Crippen molar-refractivity contribution in [3.63, 3.8) is 0 Å². The maximum Gasteiger partial charge on any atom is 0.0153 e. The number of hydrogen-bond acceptors (Lipinski definition) is 2. The summed E-state index contributed by atoms with van der Waals surface area (Å²) in [5, 5.41) is 3.61. The fraction of sp³-hybridized carbons (Fsp3) is 1.00. The van der Waals surface area contributed by atoms with Crippen molar-refractivity contribution in [1.29, 1.82) is 0 Å². The molecule has 0 aromatic heterocycles. The van der Waals surface area contributed by atoms with Gasteiger partial charge in [-0.2, -0.15) is 0 Å². The first kappa shape index (κ1) is 11.7. The highest BCUT2D eigenvalue weighted by Crippen LogP contribution is 2.55. The van der Waals surface area contributed by atoms with Crippen LogP contribution in [-0.2, 0) is 0 Å². The Morgan fingerprint density at radius 3 is 2.28 bits per heavy atom. The topological polar surface area (TPSA) is 15.3 Å². The average molecular weight is 248 g/mol. The molecule has 1 atom stereocenters. The van der Waals surface area contributed by atoms with E-state index >= 15 is 0 Å². The first-order chi connectivity index (χ1) is 8.79. The van der Waals surface area contributed by atoms with Crippen LogP contribution in [0.5, 0.6) is 0 Å². The minimum Gasteiger partial charge on any atom is -0.315 e. The monoisotopic (exact) mass is 248 g/mol. The van der Waals surface area contributed by atoms with Crippen molar-refractivity contribution in [3.8, 4) is 0 Å². The van der Waals surface area contributed by atoms with Crippen molar-refractivity contribution in [2.75, 3.05) is 26.2 Å². The maximum atomic E-state index is 3.61. The maximum absolute atomic E-state index is 3.61. The summed E-state index contributed by atoms with van der Waals surface area (Å²) in [6.07, 6.45) is 7.84. The Morgan fingerprint density at radius 1 is 0.944 bits per heavy atom. The zero-order valence-corrected chi connectivity index (χ0v) is 11.8. The SMILES string of the molecule is CC1CNCCN(C2C3CC4CC(C3)CC2C4)C1. The van der Waals surface area contributed by atoms with E-state index in [1.807, 2.05) is 0 Å². The summed E-state index contributed by atoms with van der Waals surface area (Å²) in [6, 6.07) is 0.958. The van der Waals surface area contributed by atoms with Crippen LogP contribution in [0.2, 0.25) is 0 Å². The second-order valence-electron chi connectivity index (χ2n) is 7.73. The van der Waals surface area contributed by atoms with Gasteiger partial charge in [0.1, 0.15) is 0 Å². The van der Waals surface area contributed by atoms with Gasteiger partial charge in [-0.1, -0.05) is 6.92 Å². The lowest BCUT2D eigenvalue weighted by molar-refractivity contribution is -0.0658. The van der Waals surface area contributed by atoms with Gasteiger partial charge in [-0.05, 0) is 68.2 Å². The van der Waals surface area contributed by atoms with Crippen LogP contribution in [0.3, 0.4) is 0 Å². The lowest BCUT2D eigenvalue weighted by Gasteiger charge is -2.57. The third-order valence-electron chi connectivity index (χ3n) is 6.21. The van der Waals surface area contributed by atoms with E-state index < -0.39 is 0 Å². The molecule has 1 N–H and O–H groups in total. The van der Waals surface area contributed by atoms with E-state index in [1.54, 1.807) is 32.1 Å². The van der Waals surface area contributed by atoms with E-state index in [1.165, 1.54) is 26.2 Å². The Labute approximate surface area is 111 Å². The molecule has 0 radical (unpaired) electrons. The molecule has 4 bridgehead atoms. The second kappa shape index (κ2) is 4.49. The van der Waals surface area contributed by atoms with Gasteiger partial charge in [-0.3, -0.25) is 4.90 Å². The van der Waals surface area contributed by atoms with Crippen molar-refractivity contribution in [2.45, 2.75) is 45.1 Å². The van der Waals surface area contributed by atoms with E-state index in [0.717, 1.165) is 35.6 Å². The molecule has 4 saturated carbocycles. The molecular weight excluding hydrogens is 220 g/mol. The first-order valence-corrected chi connectivity index (χ1v) is 8.24. The molecule has 1 aliphatic heterocycles. The third-order valence-corrected chi connectivity index (χ3v) is 6.21. The highest BCUT2D eigenvalue weighted by Gasteiger charge is 2.50. The van der Waals surface area contributed by atoms with Crippen LogP contribution in [0.15, 0.2) is 0 Å². The number of hydrogen-bond donors (Lipinski definition) is 1. The van der Waals surface area contributed by atoms with Crippen LogP contribution in [0, 0.1) is 29.6 Å². The van der Waals surface area contributed by atoms with Crippen LogP contribution >= 0.6 is 0 Å². The molecule has 4 aliphatic carbocycles. The summed E-state index contributed by atoms with van der Waals surface area (Å²) >= 11 is 0. The van der Waals surface area contributed by atoms with Crippen LogP contribution < -0.4 is 5.32 Å². The lowest BCUT2D eigenvalue weighted by Crippen LogP contribution is -2.56. The standard InChI is InChI=1S/C16H28N2/c1-11-9-17-2-3-18(10-11)16-14-5-12-4-13(7-14)8-15(16)6-12/h11-17H,2-10H2,1H3. The normalized spacial score (nSPS) is 52.5. The highest BCUT2D eigenvalue weighted by molar-refractivity contribution is 5.02. The van der Waals surface area contributed by atoms with E-state index in [0.29, 0.717) is 0 Å². The van der Waals surface area contributed by atoms with Gasteiger partial charge in [0.2, 0.25) is 0 Å². The molecule has 5 aliphatic rings.